The Morgan fingerprint density at radius 1 is 1.24 bits per heavy atom. The van der Waals surface area contributed by atoms with Crippen molar-refractivity contribution >= 4 is 17.4 Å². The molecule has 2 aliphatic carbocycles. The zero-order valence-electron chi connectivity index (χ0n) is 23.1. The minimum Gasteiger partial charge on any atom is -0.444 e. The van der Waals surface area contributed by atoms with Gasteiger partial charge in [0.1, 0.15) is 11.4 Å². The Kier molecular flexibility index (Phi) is 7.15. The van der Waals surface area contributed by atoms with Crippen LogP contribution in [-0.4, -0.2) is 59.5 Å². The van der Waals surface area contributed by atoms with Gasteiger partial charge in [0.25, 0.3) is 0 Å². The number of piperidine rings is 2. The molecule has 0 radical (unpaired) electrons. The number of allylic oxidation sites excluding steroid dienone is 2. The van der Waals surface area contributed by atoms with Gasteiger partial charge >= 0.3 is 6.09 Å². The minimum atomic E-state index is -0.645. The molecule has 1 saturated carbocycles. The molecule has 3 fully saturated rings. The number of ketones is 1. The number of halogens is 1. The van der Waals surface area contributed by atoms with E-state index in [9.17, 15) is 14.9 Å². The van der Waals surface area contributed by atoms with Gasteiger partial charge in [0, 0.05) is 12.5 Å². The van der Waals surface area contributed by atoms with Gasteiger partial charge in [0.15, 0.2) is 5.78 Å². The highest BCUT2D eigenvalue weighted by molar-refractivity contribution is 5.89. The van der Waals surface area contributed by atoms with Crippen molar-refractivity contribution in [3.63, 3.8) is 0 Å². The van der Waals surface area contributed by atoms with Gasteiger partial charge in [-0.3, -0.25) is 9.69 Å². The summed E-state index contributed by atoms with van der Waals surface area (Å²) in [5.41, 5.74) is 2.20. The molecule has 7 heteroatoms. The Balaban J connectivity index is 1.23. The summed E-state index contributed by atoms with van der Waals surface area (Å²) in [5, 5.41) is 9.84. The highest BCUT2D eigenvalue weighted by Crippen LogP contribution is 2.50. The maximum atomic E-state index is 15.1. The Hall–Kier alpha value is -2.72. The standard InChI is InChI=1S/C31H40FN3O3/c1-30(2,3)38-29(37)35-25-8-7-23(15-25)28(35)27(36)14-20(19-33)13-22-6-5-21(16-26(22)32)24-17-31(18-24)9-11-34(4)12-10-31/h5-6,16-17,20,23,25,28H,7-15,18H2,1-4H3/t20-,23+,25-,28+/m1/s1. The fourth-order valence-corrected chi connectivity index (χ4v) is 6.98. The van der Waals surface area contributed by atoms with Gasteiger partial charge in [0.2, 0.25) is 0 Å². The SMILES string of the molecule is CN1CCC2(C=C(c3ccc(C[C@@H](C#N)CC(=O)[C@@H]4[C@H]5CC[C@H](C5)N4C(=O)OC(C)(C)C)c(F)c3)C2)CC1. The summed E-state index contributed by atoms with van der Waals surface area (Å²) < 4.78 is 20.7. The molecule has 6 nitrogen and oxygen atoms in total. The van der Waals surface area contributed by atoms with E-state index in [1.165, 1.54) is 5.57 Å². The summed E-state index contributed by atoms with van der Waals surface area (Å²) in [6.07, 6.45) is 7.94. The van der Waals surface area contributed by atoms with Crippen LogP contribution < -0.4 is 0 Å². The van der Waals surface area contributed by atoms with Gasteiger partial charge in [-0.25, -0.2) is 9.18 Å². The fourth-order valence-electron chi connectivity index (χ4n) is 6.98. The second-order valence-corrected chi connectivity index (χ2v) is 13.1. The molecule has 2 bridgehead atoms. The normalized spacial score (nSPS) is 27.0. The third kappa shape index (κ3) is 5.38. The fraction of sp³-hybridized carbons (Fsp3) is 0.645. The molecule has 2 saturated heterocycles. The Bertz CT molecular complexity index is 1170. The van der Waals surface area contributed by atoms with Gasteiger partial charge in [0.05, 0.1) is 18.0 Å². The molecule has 1 aromatic rings. The van der Waals surface area contributed by atoms with E-state index in [1.54, 1.807) is 17.0 Å². The van der Waals surface area contributed by atoms with Crippen molar-refractivity contribution in [1.29, 1.82) is 5.26 Å². The molecule has 5 rings (SSSR count). The van der Waals surface area contributed by atoms with Crippen molar-refractivity contribution < 1.29 is 18.7 Å². The molecule has 0 unspecified atom stereocenters. The summed E-state index contributed by atoms with van der Waals surface area (Å²) in [6, 6.07) is 6.99. The molecular weight excluding hydrogens is 481 g/mol. The predicted octanol–water partition coefficient (Wildman–Crippen LogP) is 5.75. The number of amides is 1. The smallest absolute Gasteiger partial charge is 0.411 e. The summed E-state index contributed by atoms with van der Waals surface area (Å²) in [6.45, 7) is 7.65. The number of ether oxygens (including phenoxy) is 1. The van der Waals surface area contributed by atoms with Crippen LogP contribution >= 0.6 is 0 Å². The molecule has 2 heterocycles. The van der Waals surface area contributed by atoms with Crippen LogP contribution in [0.3, 0.4) is 0 Å². The number of carbonyl (C=O) groups is 2. The van der Waals surface area contributed by atoms with Crippen LogP contribution in [0.1, 0.15) is 76.8 Å². The van der Waals surface area contributed by atoms with E-state index in [0.717, 1.165) is 57.2 Å². The van der Waals surface area contributed by atoms with E-state index in [4.69, 9.17) is 4.74 Å². The van der Waals surface area contributed by atoms with E-state index in [-0.39, 0.29) is 41.8 Å². The Morgan fingerprint density at radius 2 is 1.95 bits per heavy atom. The lowest BCUT2D eigenvalue weighted by Gasteiger charge is -2.45. The van der Waals surface area contributed by atoms with E-state index >= 15 is 4.39 Å². The van der Waals surface area contributed by atoms with Crippen molar-refractivity contribution in [2.45, 2.75) is 89.8 Å². The van der Waals surface area contributed by atoms with Crippen molar-refractivity contribution in [2.75, 3.05) is 20.1 Å². The van der Waals surface area contributed by atoms with Gasteiger partial charge in [-0.05, 0) is 120 Å². The lowest BCUT2D eigenvalue weighted by atomic mass is 9.64. The summed E-state index contributed by atoms with van der Waals surface area (Å²) in [7, 11) is 2.15. The van der Waals surface area contributed by atoms with E-state index in [0.29, 0.717) is 5.56 Å². The number of Topliss-reactive ketones (excluding diaryl/α,β-unsaturated/α-hetero) is 1. The highest BCUT2D eigenvalue weighted by Gasteiger charge is 2.52. The maximum absolute atomic E-state index is 15.1. The number of hydrogen-bond acceptors (Lipinski definition) is 5. The zero-order valence-corrected chi connectivity index (χ0v) is 23.1. The number of hydrogen-bond donors (Lipinski definition) is 0. The molecule has 204 valence electrons. The second-order valence-electron chi connectivity index (χ2n) is 13.1. The average molecular weight is 522 g/mol. The van der Waals surface area contributed by atoms with Crippen LogP contribution in [0.15, 0.2) is 24.3 Å². The van der Waals surface area contributed by atoms with Gasteiger partial charge in [-0.15, -0.1) is 0 Å². The third-order valence-electron chi connectivity index (χ3n) is 9.05. The van der Waals surface area contributed by atoms with Crippen molar-refractivity contribution in [1.82, 2.24) is 9.80 Å². The number of fused-ring (bicyclic) bond motifs is 2. The van der Waals surface area contributed by atoms with Crippen LogP contribution in [0.5, 0.6) is 0 Å². The number of likely N-dealkylation sites (tertiary alicyclic amines) is 2. The molecular formula is C31H40FN3O3. The maximum Gasteiger partial charge on any atom is 0.411 e. The Morgan fingerprint density at radius 3 is 2.58 bits per heavy atom. The number of nitriles is 1. The number of carbonyl (C=O) groups excluding carboxylic acids is 2. The van der Waals surface area contributed by atoms with Crippen molar-refractivity contribution in [3.05, 3.63) is 41.2 Å². The lowest BCUT2D eigenvalue weighted by molar-refractivity contribution is -0.126. The van der Waals surface area contributed by atoms with Crippen molar-refractivity contribution in [2.24, 2.45) is 17.3 Å². The number of benzene rings is 1. The van der Waals surface area contributed by atoms with Gasteiger partial charge < -0.3 is 9.64 Å². The van der Waals surface area contributed by atoms with Crippen LogP contribution in [-0.2, 0) is 16.0 Å². The molecule has 4 atom stereocenters. The third-order valence-corrected chi connectivity index (χ3v) is 9.05. The largest absolute Gasteiger partial charge is 0.444 e. The summed E-state index contributed by atoms with van der Waals surface area (Å²) in [4.78, 5) is 30.3. The molecule has 0 aromatic heterocycles. The second kappa shape index (κ2) is 10.1. The van der Waals surface area contributed by atoms with E-state index in [1.807, 2.05) is 26.8 Å². The monoisotopic (exact) mass is 521 g/mol. The first-order valence-corrected chi connectivity index (χ1v) is 14.1. The molecule has 38 heavy (non-hydrogen) atoms. The molecule has 1 aromatic carbocycles. The minimum absolute atomic E-state index is 0.00694. The first-order valence-electron chi connectivity index (χ1n) is 14.1. The topological polar surface area (TPSA) is 73.6 Å². The van der Waals surface area contributed by atoms with Gasteiger partial charge in [-0.1, -0.05) is 18.2 Å². The van der Waals surface area contributed by atoms with Crippen LogP contribution in [0.25, 0.3) is 5.57 Å². The lowest BCUT2D eigenvalue weighted by Crippen LogP contribution is -2.51. The zero-order chi connectivity index (χ0) is 27.2. The molecule has 1 amide bonds. The van der Waals surface area contributed by atoms with Gasteiger partial charge in [-0.2, -0.15) is 5.26 Å². The quantitative estimate of drug-likeness (QED) is 0.476. The summed E-state index contributed by atoms with van der Waals surface area (Å²) in [5.74, 6) is -0.975. The van der Waals surface area contributed by atoms with Crippen LogP contribution in [0.4, 0.5) is 9.18 Å². The Labute approximate surface area is 225 Å². The first-order chi connectivity index (χ1) is 18.0. The van der Waals surface area contributed by atoms with Crippen LogP contribution in [0, 0.1) is 34.4 Å². The molecule has 2 aliphatic heterocycles. The molecule has 0 N–H and O–H groups in total. The number of rotatable bonds is 6. The first kappa shape index (κ1) is 26.9. The number of nitrogens with zero attached hydrogens (tertiary/aromatic N) is 3. The molecule has 1 spiro atoms. The molecule has 4 aliphatic rings. The van der Waals surface area contributed by atoms with Crippen molar-refractivity contribution in [3.8, 4) is 6.07 Å². The average Bonchev–Trinajstić information content (AvgIpc) is 3.45. The highest BCUT2D eigenvalue weighted by atomic mass is 19.1. The summed E-state index contributed by atoms with van der Waals surface area (Å²) >= 11 is 0. The van der Waals surface area contributed by atoms with E-state index < -0.39 is 23.7 Å². The predicted molar refractivity (Wildman–Crippen MR) is 144 cm³/mol. The van der Waals surface area contributed by atoms with E-state index in [2.05, 4.69) is 24.1 Å². The van der Waals surface area contributed by atoms with Crippen LogP contribution in [0.2, 0.25) is 0 Å².